The number of carboxylic acids is 1. The van der Waals surface area contributed by atoms with Crippen LogP contribution >= 0.6 is 0 Å². The predicted octanol–water partition coefficient (Wildman–Crippen LogP) is 3.42. The molecule has 0 spiro atoms. The second kappa shape index (κ2) is 6.35. The average molecular weight is 341 g/mol. The first-order valence-corrected chi connectivity index (χ1v) is 7.55. The van der Waals surface area contributed by atoms with Gasteiger partial charge in [-0.2, -0.15) is 9.78 Å². The van der Waals surface area contributed by atoms with Gasteiger partial charge in [-0.05, 0) is 43.7 Å². The van der Waals surface area contributed by atoms with E-state index >= 15 is 0 Å². The van der Waals surface area contributed by atoms with Crippen molar-refractivity contribution in [3.05, 3.63) is 71.8 Å². The van der Waals surface area contributed by atoms with Crippen molar-refractivity contribution in [1.29, 1.82) is 0 Å². The maximum atomic E-state index is 13.1. The molecule has 0 radical (unpaired) electrons. The Bertz CT molecular complexity index is 904. The highest BCUT2D eigenvalue weighted by molar-refractivity contribution is 5.87. The van der Waals surface area contributed by atoms with Crippen LogP contribution in [0.15, 0.2) is 54.9 Å². The van der Waals surface area contributed by atoms with Crippen LogP contribution < -0.4 is 4.74 Å². The Morgan fingerprint density at radius 2 is 1.88 bits per heavy atom. The molecule has 0 unspecified atom stereocenters. The summed E-state index contributed by atoms with van der Waals surface area (Å²) in [6.07, 6.45) is 2.93. The number of aromatic nitrogens is 3. The van der Waals surface area contributed by atoms with Crippen molar-refractivity contribution < 1.29 is 19.0 Å². The van der Waals surface area contributed by atoms with Crippen LogP contribution in [0.1, 0.15) is 29.8 Å². The molecule has 2 heterocycles. The number of nitrogens with zero attached hydrogens (tertiary/aromatic N) is 3. The monoisotopic (exact) mass is 341 g/mol. The number of hydrogen-bond acceptors (Lipinski definition) is 4. The SMILES string of the molecule is CC(C)(Oc1ccnn1-c1cc(C(=O)O)ccn1)c1ccc(F)cc1. The Hall–Kier alpha value is -3.22. The van der Waals surface area contributed by atoms with Gasteiger partial charge < -0.3 is 9.84 Å². The lowest BCUT2D eigenvalue weighted by molar-refractivity contribution is 0.0696. The van der Waals surface area contributed by atoms with Crippen LogP contribution in [-0.2, 0) is 5.60 Å². The van der Waals surface area contributed by atoms with E-state index in [1.807, 2.05) is 13.8 Å². The fourth-order valence-corrected chi connectivity index (χ4v) is 2.38. The van der Waals surface area contributed by atoms with E-state index in [1.54, 1.807) is 18.2 Å². The molecular formula is C18H16FN3O3. The molecule has 3 rings (SSSR count). The number of ether oxygens (including phenoxy) is 1. The highest BCUT2D eigenvalue weighted by Gasteiger charge is 2.25. The van der Waals surface area contributed by atoms with Crippen LogP contribution in [-0.4, -0.2) is 25.8 Å². The van der Waals surface area contributed by atoms with Crippen LogP contribution in [0.5, 0.6) is 5.88 Å². The minimum atomic E-state index is -1.05. The summed E-state index contributed by atoms with van der Waals surface area (Å²) in [6.45, 7) is 3.69. The number of halogens is 1. The quantitative estimate of drug-likeness (QED) is 0.769. The van der Waals surface area contributed by atoms with Gasteiger partial charge in [-0.25, -0.2) is 14.2 Å². The summed E-state index contributed by atoms with van der Waals surface area (Å²) in [6, 6.07) is 10.5. The highest BCUT2D eigenvalue weighted by atomic mass is 19.1. The van der Waals surface area contributed by atoms with Crippen molar-refractivity contribution >= 4 is 5.97 Å². The fourth-order valence-electron chi connectivity index (χ4n) is 2.38. The average Bonchev–Trinajstić information content (AvgIpc) is 3.02. The second-order valence-electron chi connectivity index (χ2n) is 5.91. The first-order valence-electron chi connectivity index (χ1n) is 7.55. The number of benzene rings is 1. The lowest BCUT2D eigenvalue weighted by Gasteiger charge is -2.27. The van der Waals surface area contributed by atoms with Gasteiger partial charge in [0.25, 0.3) is 0 Å². The van der Waals surface area contributed by atoms with E-state index in [1.165, 1.54) is 41.3 Å². The molecule has 0 fully saturated rings. The molecule has 0 saturated heterocycles. The van der Waals surface area contributed by atoms with E-state index in [9.17, 15) is 9.18 Å². The number of pyridine rings is 1. The molecule has 0 aliphatic carbocycles. The van der Waals surface area contributed by atoms with E-state index in [2.05, 4.69) is 10.1 Å². The molecule has 7 heteroatoms. The Kier molecular flexibility index (Phi) is 4.22. The molecule has 3 aromatic rings. The van der Waals surface area contributed by atoms with Crippen LogP contribution in [0, 0.1) is 5.82 Å². The van der Waals surface area contributed by atoms with E-state index < -0.39 is 11.6 Å². The van der Waals surface area contributed by atoms with Gasteiger partial charge in [0, 0.05) is 12.3 Å². The van der Waals surface area contributed by atoms with Crippen LogP contribution in [0.4, 0.5) is 4.39 Å². The molecule has 0 aliphatic rings. The van der Waals surface area contributed by atoms with Crippen molar-refractivity contribution in [2.24, 2.45) is 0 Å². The third kappa shape index (κ3) is 3.50. The van der Waals surface area contributed by atoms with Gasteiger partial charge in [-0.1, -0.05) is 12.1 Å². The molecule has 128 valence electrons. The molecule has 6 nitrogen and oxygen atoms in total. The standard InChI is InChI=1S/C18H16FN3O3/c1-18(2,13-3-5-14(19)6-4-13)25-16-8-10-21-22(16)15-11-12(17(23)24)7-9-20-15/h3-11H,1-2H3,(H,23,24). The Labute approximate surface area is 143 Å². The molecule has 2 aromatic heterocycles. The van der Waals surface area contributed by atoms with Crippen molar-refractivity contribution in [2.45, 2.75) is 19.4 Å². The number of hydrogen-bond donors (Lipinski definition) is 1. The van der Waals surface area contributed by atoms with Gasteiger partial charge in [0.1, 0.15) is 11.4 Å². The largest absolute Gasteiger partial charge is 0.478 e. The minimum Gasteiger partial charge on any atom is -0.478 e. The number of carboxylic acid groups (broad SMARTS) is 1. The predicted molar refractivity (Wildman–Crippen MR) is 88.4 cm³/mol. The zero-order chi connectivity index (χ0) is 18.0. The van der Waals surface area contributed by atoms with Gasteiger partial charge in [0.05, 0.1) is 11.8 Å². The lowest BCUT2D eigenvalue weighted by Crippen LogP contribution is -2.26. The first-order chi connectivity index (χ1) is 11.9. The van der Waals surface area contributed by atoms with Crippen LogP contribution in [0.25, 0.3) is 5.82 Å². The van der Waals surface area contributed by atoms with Crippen molar-refractivity contribution in [3.8, 4) is 11.7 Å². The molecule has 0 saturated carbocycles. The number of aromatic carboxylic acids is 1. The van der Waals surface area contributed by atoms with Crippen molar-refractivity contribution in [2.75, 3.05) is 0 Å². The molecule has 0 atom stereocenters. The summed E-state index contributed by atoms with van der Waals surface area (Å²) in [7, 11) is 0. The summed E-state index contributed by atoms with van der Waals surface area (Å²) < 4.78 is 20.6. The van der Waals surface area contributed by atoms with Gasteiger partial charge in [-0.3, -0.25) is 0 Å². The lowest BCUT2D eigenvalue weighted by atomic mass is 9.98. The van der Waals surface area contributed by atoms with Gasteiger partial charge in [-0.15, -0.1) is 0 Å². The molecule has 1 aromatic carbocycles. The zero-order valence-corrected chi connectivity index (χ0v) is 13.7. The zero-order valence-electron chi connectivity index (χ0n) is 13.7. The summed E-state index contributed by atoms with van der Waals surface area (Å²) in [5.41, 5.74) is 0.133. The fraction of sp³-hybridized carbons (Fsp3) is 0.167. The molecule has 1 N–H and O–H groups in total. The smallest absolute Gasteiger partial charge is 0.335 e. The van der Waals surface area contributed by atoms with Gasteiger partial charge in [0.15, 0.2) is 5.82 Å². The van der Waals surface area contributed by atoms with Crippen molar-refractivity contribution in [1.82, 2.24) is 14.8 Å². The molecule has 25 heavy (non-hydrogen) atoms. The second-order valence-corrected chi connectivity index (χ2v) is 5.91. The first kappa shape index (κ1) is 16.6. The summed E-state index contributed by atoms with van der Waals surface area (Å²) in [4.78, 5) is 15.3. The normalized spacial score (nSPS) is 11.3. The summed E-state index contributed by atoms with van der Waals surface area (Å²) in [5.74, 6) is -0.650. The Morgan fingerprint density at radius 3 is 2.56 bits per heavy atom. The molecule has 0 aliphatic heterocycles. The maximum absolute atomic E-state index is 13.1. The number of carbonyl (C=O) groups is 1. The van der Waals surface area contributed by atoms with Gasteiger partial charge >= 0.3 is 5.97 Å². The van der Waals surface area contributed by atoms with Crippen molar-refractivity contribution in [3.63, 3.8) is 0 Å². The number of rotatable bonds is 5. The Morgan fingerprint density at radius 1 is 1.16 bits per heavy atom. The summed E-state index contributed by atoms with van der Waals surface area (Å²) >= 11 is 0. The van der Waals surface area contributed by atoms with Crippen LogP contribution in [0.3, 0.4) is 0 Å². The van der Waals surface area contributed by atoms with Crippen LogP contribution in [0.2, 0.25) is 0 Å². The van der Waals surface area contributed by atoms with Gasteiger partial charge in [0.2, 0.25) is 5.88 Å². The maximum Gasteiger partial charge on any atom is 0.335 e. The Balaban J connectivity index is 1.93. The third-order valence-corrected chi connectivity index (χ3v) is 3.72. The summed E-state index contributed by atoms with van der Waals surface area (Å²) in [5, 5.41) is 13.3. The third-order valence-electron chi connectivity index (χ3n) is 3.72. The van der Waals surface area contributed by atoms with E-state index in [4.69, 9.17) is 9.84 Å². The van der Waals surface area contributed by atoms with E-state index in [-0.39, 0.29) is 11.4 Å². The highest BCUT2D eigenvalue weighted by Crippen LogP contribution is 2.28. The van der Waals surface area contributed by atoms with E-state index in [0.29, 0.717) is 11.7 Å². The minimum absolute atomic E-state index is 0.101. The topological polar surface area (TPSA) is 77.2 Å². The van der Waals surface area contributed by atoms with E-state index in [0.717, 1.165) is 5.56 Å². The molecular weight excluding hydrogens is 325 g/mol. The molecule has 0 bridgehead atoms. The molecule has 0 amide bonds.